The van der Waals surface area contributed by atoms with Crippen molar-refractivity contribution in [2.45, 2.75) is 0 Å². The van der Waals surface area contributed by atoms with Crippen LogP contribution in [0.5, 0.6) is 0 Å². The first-order valence-corrected chi connectivity index (χ1v) is 6.42. The fourth-order valence-electron chi connectivity index (χ4n) is 2.14. The fraction of sp³-hybridized carbons (Fsp3) is 0.308. The number of amides is 1. The largest absolute Gasteiger partial charge is 0.337 e. The lowest BCUT2D eigenvalue weighted by atomic mass is 10.3. The fourth-order valence-corrected chi connectivity index (χ4v) is 2.14. The van der Waals surface area contributed by atoms with Gasteiger partial charge in [-0.25, -0.2) is 15.0 Å². The molecule has 0 unspecified atom stereocenters. The van der Waals surface area contributed by atoms with Crippen LogP contribution < -0.4 is 4.90 Å². The second kappa shape index (κ2) is 5.60. The van der Waals surface area contributed by atoms with Gasteiger partial charge in [-0.15, -0.1) is 0 Å². The van der Waals surface area contributed by atoms with E-state index in [1.165, 1.54) is 12.4 Å². The molecule has 1 amide bonds. The van der Waals surface area contributed by atoms with Crippen LogP contribution in [0.1, 0.15) is 10.5 Å². The lowest BCUT2D eigenvalue weighted by molar-refractivity contribution is 0.0740. The molecule has 1 aliphatic rings. The highest BCUT2D eigenvalue weighted by molar-refractivity contribution is 5.92. The molecule has 3 heterocycles. The molecular formula is C13H14N6O. The molecule has 1 fully saturated rings. The molecule has 0 aromatic carbocycles. The van der Waals surface area contributed by atoms with Crippen molar-refractivity contribution >= 4 is 11.9 Å². The summed E-state index contributed by atoms with van der Waals surface area (Å²) in [4.78, 5) is 32.5. The van der Waals surface area contributed by atoms with Crippen LogP contribution in [-0.4, -0.2) is 56.9 Å². The van der Waals surface area contributed by atoms with Gasteiger partial charge in [0, 0.05) is 51.0 Å². The Morgan fingerprint density at radius 1 is 0.950 bits per heavy atom. The second-order valence-electron chi connectivity index (χ2n) is 4.42. The summed E-state index contributed by atoms with van der Waals surface area (Å²) in [5, 5.41) is 0. The van der Waals surface area contributed by atoms with Crippen LogP contribution in [0.2, 0.25) is 0 Å². The molecule has 1 saturated heterocycles. The van der Waals surface area contributed by atoms with Crippen molar-refractivity contribution in [1.29, 1.82) is 0 Å². The molecule has 3 rings (SSSR count). The van der Waals surface area contributed by atoms with E-state index >= 15 is 0 Å². The Balaban J connectivity index is 1.63. The zero-order valence-electron chi connectivity index (χ0n) is 10.9. The quantitative estimate of drug-likeness (QED) is 0.777. The van der Waals surface area contributed by atoms with E-state index in [0.717, 1.165) is 13.1 Å². The van der Waals surface area contributed by atoms with Crippen LogP contribution in [0.3, 0.4) is 0 Å². The van der Waals surface area contributed by atoms with Gasteiger partial charge in [0.15, 0.2) is 0 Å². The predicted molar refractivity (Wildman–Crippen MR) is 72.2 cm³/mol. The Kier molecular flexibility index (Phi) is 3.49. The summed E-state index contributed by atoms with van der Waals surface area (Å²) in [6, 6.07) is 1.79. The van der Waals surface area contributed by atoms with E-state index in [4.69, 9.17) is 0 Å². The minimum absolute atomic E-state index is 0.0771. The monoisotopic (exact) mass is 270 g/mol. The molecule has 0 N–H and O–H groups in total. The van der Waals surface area contributed by atoms with Crippen LogP contribution in [-0.2, 0) is 0 Å². The summed E-state index contributed by atoms with van der Waals surface area (Å²) in [7, 11) is 0. The Morgan fingerprint density at radius 2 is 1.70 bits per heavy atom. The average Bonchev–Trinajstić information content (AvgIpc) is 2.56. The molecule has 0 spiro atoms. The van der Waals surface area contributed by atoms with Crippen LogP contribution in [0, 0.1) is 0 Å². The summed E-state index contributed by atoms with van der Waals surface area (Å²) in [5.41, 5.74) is 0.386. The number of carbonyl (C=O) groups excluding carboxylic acids is 1. The summed E-state index contributed by atoms with van der Waals surface area (Å²) >= 11 is 0. The van der Waals surface area contributed by atoms with E-state index in [-0.39, 0.29) is 5.91 Å². The van der Waals surface area contributed by atoms with Crippen LogP contribution >= 0.6 is 0 Å². The van der Waals surface area contributed by atoms with Gasteiger partial charge in [-0.3, -0.25) is 9.78 Å². The van der Waals surface area contributed by atoms with Crippen molar-refractivity contribution in [1.82, 2.24) is 24.8 Å². The molecule has 7 heteroatoms. The van der Waals surface area contributed by atoms with E-state index in [0.29, 0.717) is 24.7 Å². The number of hydrogen-bond donors (Lipinski definition) is 0. The molecule has 0 atom stereocenters. The number of nitrogens with zero attached hydrogens (tertiary/aromatic N) is 6. The average molecular weight is 270 g/mol. The number of rotatable bonds is 2. The second-order valence-corrected chi connectivity index (χ2v) is 4.42. The molecule has 0 radical (unpaired) electrons. The summed E-state index contributed by atoms with van der Waals surface area (Å²) < 4.78 is 0. The SMILES string of the molecule is O=C(c1cnccn1)N1CCN(c2ncccn2)CC1. The van der Waals surface area contributed by atoms with Crippen molar-refractivity contribution in [3.63, 3.8) is 0 Å². The standard InChI is InChI=1S/C13H14N6O/c20-12(11-10-14-4-5-15-11)18-6-8-19(9-7-18)13-16-2-1-3-17-13/h1-5,10H,6-9H2. The summed E-state index contributed by atoms with van der Waals surface area (Å²) in [5.74, 6) is 0.630. The lowest BCUT2D eigenvalue weighted by Gasteiger charge is -2.34. The first-order valence-electron chi connectivity index (χ1n) is 6.42. The van der Waals surface area contributed by atoms with E-state index < -0.39 is 0 Å². The minimum Gasteiger partial charge on any atom is -0.337 e. The third-order valence-electron chi connectivity index (χ3n) is 3.18. The van der Waals surface area contributed by atoms with Gasteiger partial charge in [0.25, 0.3) is 5.91 Å². The highest BCUT2D eigenvalue weighted by Gasteiger charge is 2.23. The van der Waals surface area contributed by atoms with Gasteiger partial charge in [-0.1, -0.05) is 0 Å². The van der Waals surface area contributed by atoms with E-state index in [9.17, 15) is 4.79 Å². The minimum atomic E-state index is -0.0771. The summed E-state index contributed by atoms with van der Waals surface area (Å²) in [6.45, 7) is 2.70. The van der Waals surface area contributed by atoms with Crippen molar-refractivity contribution in [2.24, 2.45) is 0 Å². The Morgan fingerprint density at radius 3 is 2.35 bits per heavy atom. The normalized spacial score (nSPS) is 15.2. The molecule has 2 aromatic rings. The van der Waals surface area contributed by atoms with Crippen molar-refractivity contribution in [2.75, 3.05) is 31.1 Å². The highest BCUT2D eigenvalue weighted by Crippen LogP contribution is 2.11. The van der Waals surface area contributed by atoms with Crippen LogP contribution in [0.25, 0.3) is 0 Å². The first kappa shape index (κ1) is 12.5. The summed E-state index contributed by atoms with van der Waals surface area (Å²) in [6.07, 6.45) is 8.02. The van der Waals surface area contributed by atoms with E-state index in [2.05, 4.69) is 24.8 Å². The molecule has 102 valence electrons. The van der Waals surface area contributed by atoms with Gasteiger partial charge in [0.05, 0.1) is 6.20 Å². The molecule has 20 heavy (non-hydrogen) atoms. The number of anilines is 1. The van der Waals surface area contributed by atoms with E-state index in [1.807, 2.05) is 0 Å². The maximum absolute atomic E-state index is 12.2. The predicted octanol–water partition coefficient (Wildman–Crippen LogP) is 0.229. The Hall–Kier alpha value is -2.57. The Bertz CT molecular complexity index is 568. The lowest BCUT2D eigenvalue weighted by Crippen LogP contribution is -2.49. The molecule has 1 aliphatic heterocycles. The maximum atomic E-state index is 12.2. The zero-order valence-corrected chi connectivity index (χ0v) is 10.9. The smallest absolute Gasteiger partial charge is 0.274 e. The number of hydrogen-bond acceptors (Lipinski definition) is 6. The van der Waals surface area contributed by atoms with Gasteiger partial charge in [-0.05, 0) is 6.07 Å². The molecule has 2 aromatic heterocycles. The molecule has 0 saturated carbocycles. The first-order chi connectivity index (χ1) is 9.84. The molecule has 0 aliphatic carbocycles. The van der Waals surface area contributed by atoms with Crippen molar-refractivity contribution in [3.05, 3.63) is 42.7 Å². The maximum Gasteiger partial charge on any atom is 0.274 e. The van der Waals surface area contributed by atoms with Crippen molar-refractivity contribution in [3.8, 4) is 0 Å². The van der Waals surface area contributed by atoms with E-state index in [1.54, 1.807) is 29.6 Å². The third kappa shape index (κ3) is 2.56. The molecule has 0 bridgehead atoms. The molecule has 7 nitrogen and oxygen atoms in total. The van der Waals surface area contributed by atoms with Gasteiger partial charge in [-0.2, -0.15) is 0 Å². The number of piperazine rings is 1. The highest BCUT2D eigenvalue weighted by atomic mass is 16.2. The van der Waals surface area contributed by atoms with Crippen molar-refractivity contribution < 1.29 is 4.79 Å². The van der Waals surface area contributed by atoms with Gasteiger partial charge >= 0.3 is 0 Å². The topological polar surface area (TPSA) is 75.1 Å². The van der Waals surface area contributed by atoms with Gasteiger partial charge in [0.1, 0.15) is 5.69 Å². The zero-order chi connectivity index (χ0) is 13.8. The van der Waals surface area contributed by atoms with Gasteiger partial charge < -0.3 is 9.80 Å². The number of aromatic nitrogens is 4. The van der Waals surface area contributed by atoms with Crippen LogP contribution in [0.15, 0.2) is 37.1 Å². The Labute approximate surface area is 116 Å². The van der Waals surface area contributed by atoms with Gasteiger partial charge in [0.2, 0.25) is 5.95 Å². The third-order valence-corrected chi connectivity index (χ3v) is 3.18. The van der Waals surface area contributed by atoms with Crippen LogP contribution in [0.4, 0.5) is 5.95 Å². The molecular weight excluding hydrogens is 256 g/mol. The number of carbonyl (C=O) groups is 1.